The van der Waals surface area contributed by atoms with Gasteiger partial charge in [0, 0.05) is 43.5 Å². The van der Waals surface area contributed by atoms with Crippen LogP contribution in [-0.2, 0) is 11.3 Å². The molecule has 1 amide bonds. The molecule has 0 aliphatic carbocycles. The zero-order chi connectivity index (χ0) is 15.6. The Balaban J connectivity index is 1.41. The summed E-state index contributed by atoms with van der Waals surface area (Å²) in [5.74, 6) is 0.754. The van der Waals surface area contributed by atoms with Crippen LogP contribution in [0.4, 0.5) is 0 Å². The van der Waals surface area contributed by atoms with Gasteiger partial charge in [0.15, 0.2) is 5.76 Å². The molecule has 6 heteroatoms. The average Bonchev–Trinajstić information content (AvgIpc) is 3.28. The number of likely N-dealkylation sites (tertiary alicyclic amines) is 1. The lowest BCUT2D eigenvalue weighted by atomic mass is 10.1. The van der Waals surface area contributed by atoms with Crippen LogP contribution in [0.1, 0.15) is 15.4 Å². The van der Waals surface area contributed by atoms with Crippen LogP contribution >= 0.6 is 11.3 Å². The molecule has 2 aliphatic rings. The predicted molar refractivity (Wildman–Crippen MR) is 87.4 cm³/mol. The first-order chi connectivity index (χ1) is 11.3. The molecule has 2 aromatic rings. The second-order valence-electron chi connectivity index (χ2n) is 6.17. The topological polar surface area (TPSA) is 45.9 Å². The van der Waals surface area contributed by atoms with Gasteiger partial charge in [0.2, 0.25) is 0 Å². The summed E-state index contributed by atoms with van der Waals surface area (Å²) in [5, 5.41) is 2.11. The fourth-order valence-corrected chi connectivity index (χ4v) is 4.22. The summed E-state index contributed by atoms with van der Waals surface area (Å²) in [6.45, 7) is 4.87. The first-order valence-corrected chi connectivity index (χ1v) is 8.86. The average molecular weight is 332 g/mol. The summed E-state index contributed by atoms with van der Waals surface area (Å²) < 4.78 is 11.3. The second kappa shape index (κ2) is 6.47. The van der Waals surface area contributed by atoms with Gasteiger partial charge >= 0.3 is 0 Å². The number of rotatable bonds is 3. The molecule has 0 radical (unpaired) electrons. The summed E-state index contributed by atoms with van der Waals surface area (Å²) in [6.07, 6.45) is 1.77. The Kier molecular flexibility index (Phi) is 4.20. The molecule has 4 rings (SSSR count). The SMILES string of the molecule is O=C(c1ccco1)N1CCO[C@@H]2CN(Cc3cccs3)C[C@@H]2C1. The first-order valence-electron chi connectivity index (χ1n) is 7.99. The summed E-state index contributed by atoms with van der Waals surface area (Å²) in [4.78, 5) is 18.2. The number of nitrogens with zero attached hydrogens (tertiary/aromatic N) is 2. The van der Waals surface area contributed by atoms with E-state index in [-0.39, 0.29) is 12.0 Å². The molecular weight excluding hydrogens is 312 g/mol. The van der Waals surface area contributed by atoms with Crippen molar-refractivity contribution < 1.29 is 13.9 Å². The molecule has 122 valence electrons. The van der Waals surface area contributed by atoms with E-state index in [9.17, 15) is 4.79 Å². The van der Waals surface area contributed by atoms with E-state index in [1.165, 1.54) is 4.88 Å². The lowest BCUT2D eigenvalue weighted by Crippen LogP contribution is -2.37. The molecule has 0 unspecified atom stereocenters. The van der Waals surface area contributed by atoms with Crippen LogP contribution in [0.5, 0.6) is 0 Å². The monoisotopic (exact) mass is 332 g/mol. The number of hydrogen-bond acceptors (Lipinski definition) is 5. The standard InChI is InChI=1S/C17H20N2O3S/c20-17(15-4-1-6-21-15)19-5-7-22-16-12-18(9-13(16)10-19)11-14-3-2-8-23-14/h1-4,6,8,13,16H,5,7,9-12H2/t13-,16-/m1/s1. The van der Waals surface area contributed by atoms with Gasteiger partial charge in [-0.1, -0.05) is 6.07 Å². The van der Waals surface area contributed by atoms with Crippen molar-refractivity contribution in [3.05, 3.63) is 46.5 Å². The third kappa shape index (κ3) is 3.20. The second-order valence-corrected chi connectivity index (χ2v) is 7.20. The Morgan fingerprint density at radius 3 is 3.00 bits per heavy atom. The maximum Gasteiger partial charge on any atom is 0.289 e. The molecule has 2 aromatic heterocycles. The number of carbonyl (C=O) groups is 1. The minimum atomic E-state index is -0.0315. The van der Waals surface area contributed by atoms with E-state index in [1.807, 2.05) is 4.90 Å². The quantitative estimate of drug-likeness (QED) is 0.865. The van der Waals surface area contributed by atoms with Gasteiger partial charge in [-0.05, 0) is 23.6 Å². The Labute approximate surface area is 139 Å². The van der Waals surface area contributed by atoms with Gasteiger partial charge in [0.05, 0.1) is 19.0 Å². The highest BCUT2D eigenvalue weighted by molar-refractivity contribution is 7.09. The molecule has 0 bridgehead atoms. The zero-order valence-electron chi connectivity index (χ0n) is 12.9. The summed E-state index contributed by atoms with van der Waals surface area (Å²) in [7, 11) is 0. The van der Waals surface area contributed by atoms with Gasteiger partial charge in [0.1, 0.15) is 0 Å². The molecule has 5 nitrogen and oxygen atoms in total. The third-order valence-corrected chi connectivity index (χ3v) is 5.44. The fraction of sp³-hybridized carbons (Fsp3) is 0.471. The first kappa shape index (κ1) is 14.9. The minimum absolute atomic E-state index is 0.0315. The number of carbonyl (C=O) groups excluding carboxylic acids is 1. The van der Waals surface area contributed by atoms with E-state index < -0.39 is 0 Å². The van der Waals surface area contributed by atoms with E-state index >= 15 is 0 Å². The van der Waals surface area contributed by atoms with E-state index in [2.05, 4.69) is 22.4 Å². The highest BCUT2D eigenvalue weighted by Gasteiger charge is 2.38. The van der Waals surface area contributed by atoms with Gasteiger partial charge in [0.25, 0.3) is 5.91 Å². The largest absolute Gasteiger partial charge is 0.459 e. The van der Waals surface area contributed by atoms with Crippen molar-refractivity contribution >= 4 is 17.2 Å². The van der Waals surface area contributed by atoms with Gasteiger partial charge in [-0.2, -0.15) is 0 Å². The maximum atomic E-state index is 12.5. The number of fused-ring (bicyclic) bond motifs is 1. The van der Waals surface area contributed by atoms with E-state index in [0.717, 1.165) is 26.2 Å². The molecule has 23 heavy (non-hydrogen) atoms. The zero-order valence-corrected chi connectivity index (χ0v) is 13.7. The van der Waals surface area contributed by atoms with Crippen LogP contribution in [-0.4, -0.2) is 54.6 Å². The molecule has 2 aliphatic heterocycles. The van der Waals surface area contributed by atoms with Crippen LogP contribution in [0.3, 0.4) is 0 Å². The Morgan fingerprint density at radius 1 is 1.26 bits per heavy atom. The smallest absolute Gasteiger partial charge is 0.289 e. The van der Waals surface area contributed by atoms with Crippen molar-refractivity contribution in [2.45, 2.75) is 12.6 Å². The van der Waals surface area contributed by atoms with Gasteiger partial charge < -0.3 is 14.1 Å². The van der Waals surface area contributed by atoms with Crippen molar-refractivity contribution in [3.63, 3.8) is 0 Å². The Hall–Kier alpha value is -1.63. The number of thiophene rings is 1. The third-order valence-electron chi connectivity index (χ3n) is 4.58. The van der Waals surface area contributed by atoms with Crippen LogP contribution in [0.2, 0.25) is 0 Å². The van der Waals surface area contributed by atoms with Crippen molar-refractivity contribution in [2.75, 3.05) is 32.8 Å². The highest BCUT2D eigenvalue weighted by Crippen LogP contribution is 2.26. The number of furan rings is 1. The number of ether oxygens (including phenoxy) is 1. The highest BCUT2D eigenvalue weighted by atomic mass is 32.1. The summed E-state index contributed by atoms with van der Waals surface area (Å²) in [5.41, 5.74) is 0. The predicted octanol–water partition coefficient (Wildman–Crippen LogP) is 2.31. The maximum absolute atomic E-state index is 12.5. The van der Waals surface area contributed by atoms with Gasteiger partial charge in [-0.3, -0.25) is 9.69 Å². The van der Waals surface area contributed by atoms with E-state index in [1.54, 1.807) is 29.7 Å². The lowest BCUT2D eigenvalue weighted by molar-refractivity contribution is 0.0499. The van der Waals surface area contributed by atoms with Crippen LogP contribution in [0.15, 0.2) is 40.3 Å². The molecule has 0 spiro atoms. The fourth-order valence-electron chi connectivity index (χ4n) is 3.47. The molecular formula is C17H20N2O3S. The molecule has 2 fully saturated rings. The number of hydrogen-bond donors (Lipinski definition) is 0. The molecule has 2 saturated heterocycles. The van der Waals surface area contributed by atoms with Crippen molar-refractivity contribution in [3.8, 4) is 0 Å². The van der Waals surface area contributed by atoms with Gasteiger partial charge in [-0.25, -0.2) is 0 Å². The lowest BCUT2D eigenvalue weighted by Gasteiger charge is -2.22. The molecule has 2 atom stereocenters. The van der Waals surface area contributed by atoms with Crippen molar-refractivity contribution in [2.24, 2.45) is 5.92 Å². The Morgan fingerprint density at radius 2 is 2.22 bits per heavy atom. The van der Waals surface area contributed by atoms with Crippen LogP contribution in [0, 0.1) is 5.92 Å². The molecule has 4 heterocycles. The van der Waals surface area contributed by atoms with Crippen molar-refractivity contribution in [1.29, 1.82) is 0 Å². The van der Waals surface area contributed by atoms with E-state index in [4.69, 9.17) is 9.15 Å². The normalized spacial score (nSPS) is 25.3. The Bertz CT molecular complexity index is 641. The molecule has 0 N–H and O–H groups in total. The van der Waals surface area contributed by atoms with Crippen LogP contribution < -0.4 is 0 Å². The summed E-state index contributed by atoms with van der Waals surface area (Å²) >= 11 is 1.79. The van der Waals surface area contributed by atoms with Crippen LogP contribution in [0.25, 0.3) is 0 Å². The molecule has 0 aromatic carbocycles. The van der Waals surface area contributed by atoms with Gasteiger partial charge in [-0.15, -0.1) is 11.3 Å². The van der Waals surface area contributed by atoms with Crippen molar-refractivity contribution in [1.82, 2.24) is 9.80 Å². The number of amides is 1. The molecule has 0 saturated carbocycles. The summed E-state index contributed by atoms with van der Waals surface area (Å²) in [6, 6.07) is 7.74. The minimum Gasteiger partial charge on any atom is -0.459 e. The van der Waals surface area contributed by atoms with E-state index in [0.29, 0.717) is 24.8 Å².